The van der Waals surface area contributed by atoms with Crippen LogP contribution in [0, 0.1) is 5.92 Å². The van der Waals surface area contributed by atoms with Gasteiger partial charge in [0.2, 0.25) is 0 Å². The third-order valence-corrected chi connectivity index (χ3v) is 5.22. The highest BCUT2D eigenvalue weighted by Gasteiger charge is 2.39. The standard InChI is InChI=1S/C22H21NO3/c1-2-12-26-20-9-4-3-6-17(20)21-16-8-5-7-15(16)18-13-14(22(24)25)10-11-19(18)23-21/h2-7,9-11,13,15-16,21,23H,1,8,12H2,(H,24,25)/t15-,16+,21-/m0/s1. The molecule has 3 atom stereocenters. The van der Waals surface area contributed by atoms with E-state index in [2.05, 4.69) is 30.1 Å². The van der Waals surface area contributed by atoms with Crippen molar-refractivity contribution < 1.29 is 14.6 Å². The van der Waals surface area contributed by atoms with Gasteiger partial charge in [-0.05, 0) is 42.2 Å². The molecule has 0 radical (unpaired) electrons. The fraction of sp³-hybridized carbons (Fsp3) is 0.227. The van der Waals surface area contributed by atoms with Crippen molar-refractivity contribution in [3.05, 3.63) is 84.0 Å². The highest BCUT2D eigenvalue weighted by molar-refractivity contribution is 5.89. The minimum Gasteiger partial charge on any atom is -0.489 e. The smallest absolute Gasteiger partial charge is 0.335 e. The molecule has 2 aliphatic rings. The molecule has 0 bridgehead atoms. The topological polar surface area (TPSA) is 58.6 Å². The molecule has 0 fully saturated rings. The van der Waals surface area contributed by atoms with Crippen LogP contribution >= 0.6 is 0 Å². The normalized spacial score (nSPS) is 22.8. The van der Waals surface area contributed by atoms with Gasteiger partial charge in [0.1, 0.15) is 12.4 Å². The second kappa shape index (κ2) is 6.71. The average Bonchev–Trinajstić information content (AvgIpc) is 3.15. The minimum atomic E-state index is -0.892. The summed E-state index contributed by atoms with van der Waals surface area (Å²) in [5.41, 5.74) is 3.51. The van der Waals surface area contributed by atoms with Crippen LogP contribution in [0.4, 0.5) is 5.69 Å². The van der Waals surface area contributed by atoms with Crippen molar-refractivity contribution in [3.8, 4) is 5.75 Å². The molecule has 26 heavy (non-hydrogen) atoms. The van der Waals surface area contributed by atoms with Gasteiger partial charge in [0.25, 0.3) is 0 Å². The van der Waals surface area contributed by atoms with Gasteiger partial charge in [0.15, 0.2) is 0 Å². The monoisotopic (exact) mass is 347 g/mol. The maximum absolute atomic E-state index is 11.3. The molecule has 4 nitrogen and oxygen atoms in total. The number of benzene rings is 2. The van der Waals surface area contributed by atoms with Crippen molar-refractivity contribution in [2.24, 2.45) is 5.92 Å². The Morgan fingerprint density at radius 3 is 2.92 bits per heavy atom. The lowest BCUT2D eigenvalue weighted by Gasteiger charge is -2.38. The summed E-state index contributed by atoms with van der Waals surface area (Å²) in [5, 5.41) is 12.9. The maximum Gasteiger partial charge on any atom is 0.335 e. The van der Waals surface area contributed by atoms with Crippen molar-refractivity contribution in [1.82, 2.24) is 0 Å². The first kappa shape index (κ1) is 16.5. The molecule has 0 amide bonds. The van der Waals surface area contributed by atoms with E-state index in [0.29, 0.717) is 18.1 Å². The number of hydrogen-bond donors (Lipinski definition) is 2. The van der Waals surface area contributed by atoms with Crippen LogP contribution in [0.5, 0.6) is 5.75 Å². The molecule has 1 aliphatic carbocycles. The van der Waals surface area contributed by atoms with Gasteiger partial charge < -0.3 is 15.2 Å². The summed E-state index contributed by atoms with van der Waals surface area (Å²) in [5.74, 6) is 0.515. The number of hydrogen-bond acceptors (Lipinski definition) is 3. The number of ether oxygens (including phenoxy) is 1. The van der Waals surface area contributed by atoms with Gasteiger partial charge in [-0.25, -0.2) is 4.79 Å². The highest BCUT2D eigenvalue weighted by Crippen LogP contribution is 2.51. The summed E-state index contributed by atoms with van der Waals surface area (Å²) < 4.78 is 5.87. The van der Waals surface area contributed by atoms with Gasteiger partial charge in [-0.3, -0.25) is 0 Å². The number of carboxylic acid groups (broad SMARTS) is 1. The fourth-order valence-corrected chi connectivity index (χ4v) is 4.05. The first-order valence-electron chi connectivity index (χ1n) is 8.82. The molecule has 4 rings (SSSR count). The number of rotatable bonds is 5. The summed E-state index contributed by atoms with van der Waals surface area (Å²) in [4.78, 5) is 11.3. The van der Waals surface area contributed by atoms with E-state index >= 15 is 0 Å². The van der Waals surface area contributed by atoms with Crippen molar-refractivity contribution in [2.45, 2.75) is 18.4 Å². The highest BCUT2D eigenvalue weighted by atomic mass is 16.5. The largest absolute Gasteiger partial charge is 0.489 e. The average molecular weight is 347 g/mol. The van der Waals surface area contributed by atoms with Crippen molar-refractivity contribution in [1.29, 1.82) is 0 Å². The van der Waals surface area contributed by atoms with Crippen LogP contribution in [0.2, 0.25) is 0 Å². The fourth-order valence-electron chi connectivity index (χ4n) is 4.05. The Labute approximate surface area is 152 Å². The van der Waals surface area contributed by atoms with E-state index < -0.39 is 5.97 Å². The summed E-state index contributed by atoms with van der Waals surface area (Å²) >= 11 is 0. The number of carboxylic acids is 1. The quantitative estimate of drug-likeness (QED) is 0.765. The Morgan fingerprint density at radius 2 is 2.12 bits per heavy atom. The lowest BCUT2D eigenvalue weighted by atomic mass is 9.76. The SMILES string of the molecule is C=CCOc1ccccc1[C@H]1Nc2ccc(C(=O)O)cc2[C@H]2C=CC[C@H]21. The van der Waals surface area contributed by atoms with E-state index in [1.165, 1.54) is 0 Å². The Bertz CT molecular complexity index is 887. The molecule has 1 heterocycles. The first-order valence-corrected chi connectivity index (χ1v) is 8.82. The van der Waals surface area contributed by atoms with Crippen LogP contribution in [0.3, 0.4) is 0 Å². The van der Waals surface area contributed by atoms with E-state index in [4.69, 9.17) is 4.74 Å². The van der Waals surface area contributed by atoms with Crippen LogP contribution in [0.25, 0.3) is 0 Å². The molecule has 2 aromatic rings. The van der Waals surface area contributed by atoms with Crippen LogP contribution < -0.4 is 10.1 Å². The van der Waals surface area contributed by atoms with Crippen LogP contribution in [-0.4, -0.2) is 17.7 Å². The number of fused-ring (bicyclic) bond motifs is 3. The lowest BCUT2D eigenvalue weighted by molar-refractivity contribution is 0.0696. The van der Waals surface area contributed by atoms with Gasteiger partial charge in [0, 0.05) is 17.2 Å². The van der Waals surface area contributed by atoms with E-state index in [1.54, 1.807) is 18.2 Å². The zero-order chi connectivity index (χ0) is 18.1. The van der Waals surface area contributed by atoms with Gasteiger partial charge in [-0.15, -0.1) is 0 Å². The van der Waals surface area contributed by atoms with Gasteiger partial charge in [-0.1, -0.05) is 43.0 Å². The summed E-state index contributed by atoms with van der Waals surface area (Å²) in [6.45, 7) is 4.19. The summed E-state index contributed by atoms with van der Waals surface area (Å²) in [6.07, 6.45) is 7.10. The molecule has 132 valence electrons. The molecule has 2 aromatic carbocycles. The van der Waals surface area contributed by atoms with Crippen LogP contribution in [0.15, 0.2) is 67.3 Å². The van der Waals surface area contributed by atoms with Gasteiger partial charge in [0.05, 0.1) is 11.6 Å². The van der Waals surface area contributed by atoms with E-state index in [9.17, 15) is 9.90 Å². The molecule has 0 spiro atoms. The Balaban J connectivity index is 1.75. The molecule has 0 aromatic heterocycles. The van der Waals surface area contributed by atoms with Crippen LogP contribution in [-0.2, 0) is 0 Å². The van der Waals surface area contributed by atoms with E-state index in [0.717, 1.165) is 29.0 Å². The molecule has 0 unspecified atom stereocenters. The Hall–Kier alpha value is -3.01. The molecular formula is C22H21NO3. The van der Waals surface area contributed by atoms with E-state index in [-0.39, 0.29) is 12.0 Å². The predicted octanol–water partition coefficient (Wildman–Crippen LogP) is 4.78. The summed E-state index contributed by atoms with van der Waals surface area (Å²) in [6, 6.07) is 13.5. The van der Waals surface area contributed by atoms with Crippen molar-refractivity contribution in [2.75, 3.05) is 11.9 Å². The van der Waals surface area contributed by atoms with Crippen molar-refractivity contribution in [3.63, 3.8) is 0 Å². The lowest BCUT2D eigenvalue weighted by Crippen LogP contribution is -2.29. The number of aromatic carboxylic acids is 1. The summed E-state index contributed by atoms with van der Waals surface area (Å²) in [7, 11) is 0. The third kappa shape index (κ3) is 2.77. The predicted molar refractivity (Wildman–Crippen MR) is 102 cm³/mol. The molecule has 0 saturated carbocycles. The van der Waals surface area contributed by atoms with Crippen LogP contribution in [0.1, 0.15) is 39.9 Å². The number of allylic oxidation sites excluding steroid dienone is 2. The van der Waals surface area contributed by atoms with Crippen molar-refractivity contribution >= 4 is 11.7 Å². The van der Waals surface area contributed by atoms with E-state index in [1.807, 2.05) is 24.3 Å². The van der Waals surface area contributed by atoms with Gasteiger partial charge >= 0.3 is 5.97 Å². The first-order chi connectivity index (χ1) is 12.7. The molecule has 1 aliphatic heterocycles. The molecule has 4 heteroatoms. The number of nitrogens with one attached hydrogen (secondary N) is 1. The number of anilines is 1. The number of carbonyl (C=O) groups is 1. The second-order valence-corrected chi connectivity index (χ2v) is 6.72. The molecule has 2 N–H and O–H groups in total. The molecule has 0 saturated heterocycles. The Kier molecular flexibility index (Phi) is 4.25. The zero-order valence-corrected chi connectivity index (χ0v) is 14.4. The zero-order valence-electron chi connectivity index (χ0n) is 14.4. The number of para-hydroxylation sites is 1. The molecular weight excluding hydrogens is 326 g/mol. The minimum absolute atomic E-state index is 0.110. The van der Waals surface area contributed by atoms with Gasteiger partial charge in [-0.2, -0.15) is 0 Å². The maximum atomic E-state index is 11.3. The Morgan fingerprint density at radius 1 is 1.27 bits per heavy atom. The second-order valence-electron chi connectivity index (χ2n) is 6.72. The third-order valence-electron chi connectivity index (χ3n) is 5.22.